The number of halogens is 1. The number of rotatable bonds is 8. The van der Waals surface area contributed by atoms with E-state index in [2.05, 4.69) is 46.2 Å². The largest absolute Gasteiger partial charge is 0.325 e. The molecule has 3 atom stereocenters. The van der Waals surface area contributed by atoms with Gasteiger partial charge in [0, 0.05) is 61.4 Å². The van der Waals surface area contributed by atoms with Gasteiger partial charge in [-0.05, 0) is 90.2 Å². The van der Waals surface area contributed by atoms with Gasteiger partial charge in [-0.3, -0.25) is 19.1 Å². The maximum absolute atomic E-state index is 14.3. The first-order valence-electron chi connectivity index (χ1n) is 16.8. The fraction of sp³-hybridized carbons (Fsp3) is 0.472. The van der Waals surface area contributed by atoms with Crippen molar-refractivity contribution in [1.82, 2.24) is 34.5 Å². The number of anilines is 1. The number of fused-ring (bicyclic) bond motifs is 2. The van der Waals surface area contributed by atoms with Gasteiger partial charge in [0.2, 0.25) is 11.8 Å². The van der Waals surface area contributed by atoms with Crippen LogP contribution in [0.1, 0.15) is 67.3 Å². The lowest BCUT2D eigenvalue weighted by molar-refractivity contribution is -0.138. The van der Waals surface area contributed by atoms with Gasteiger partial charge < -0.3 is 15.1 Å². The summed E-state index contributed by atoms with van der Waals surface area (Å²) in [5, 5.41) is 8.34. The highest BCUT2D eigenvalue weighted by molar-refractivity contribution is 9.10. The van der Waals surface area contributed by atoms with Gasteiger partial charge in [-0.15, -0.1) is 0 Å². The number of aromatic nitrogens is 5. The number of carbonyl (C=O) groups is 3. The van der Waals surface area contributed by atoms with Crippen LogP contribution in [0.4, 0.5) is 5.82 Å². The molecule has 2 saturated heterocycles. The van der Waals surface area contributed by atoms with Gasteiger partial charge in [-0.1, -0.05) is 25.0 Å². The highest BCUT2D eigenvalue weighted by atomic mass is 79.9. The van der Waals surface area contributed by atoms with Crippen LogP contribution in [0.5, 0.6) is 0 Å². The fourth-order valence-corrected chi connectivity index (χ4v) is 8.97. The normalized spacial score (nSPS) is 24.1. The van der Waals surface area contributed by atoms with Crippen molar-refractivity contribution in [1.29, 1.82) is 0 Å². The van der Waals surface area contributed by atoms with E-state index in [-0.39, 0.29) is 35.6 Å². The number of nitrogens with zero attached hydrogens (tertiary/aromatic N) is 7. The van der Waals surface area contributed by atoms with E-state index in [1.807, 2.05) is 49.1 Å². The number of carbonyl (C=O) groups excluding carboxylic acids is 3. The van der Waals surface area contributed by atoms with E-state index in [0.717, 1.165) is 42.7 Å². The standard InChI is InChI=1S/C36H39BrN8O3/c1-21-6-9-30(37)40-33(21)41-34(48)28-13-36(20-43-18-35(19-43)10-4-5-11-35)14-29(36)45(28)31(47)17-44-27-8-7-24(25-15-38-23(3)39-16-25)12-26(27)32(42-44)22(2)46/h6-9,12,15-16,28-29H,4-5,10-11,13-14,17-20H2,1-3H3,(H,40,41,48)/t28-,29+,36-/m0/s1. The lowest BCUT2D eigenvalue weighted by atomic mass is 9.77. The van der Waals surface area contributed by atoms with Crippen molar-refractivity contribution in [2.45, 2.75) is 77.9 Å². The summed E-state index contributed by atoms with van der Waals surface area (Å²) in [6, 6.07) is 8.82. The predicted octanol–water partition coefficient (Wildman–Crippen LogP) is 5.34. The van der Waals surface area contributed by atoms with Crippen LogP contribution in [-0.2, 0) is 16.1 Å². The first kappa shape index (κ1) is 31.3. The third kappa shape index (κ3) is 5.42. The monoisotopic (exact) mass is 710 g/mol. The van der Waals surface area contributed by atoms with E-state index < -0.39 is 6.04 Å². The van der Waals surface area contributed by atoms with Crippen molar-refractivity contribution >= 4 is 50.2 Å². The number of amides is 2. The van der Waals surface area contributed by atoms with Crippen molar-refractivity contribution < 1.29 is 14.4 Å². The van der Waals surface area contributed by atoms with Gasteiger partial charge in [-0.25, -0.2) is 15.0 Å². The van der Waals surface area contributed by atoms with E-state index >= 15 is 0 Å². The molecule has 11 nitrogen and oxygen atoms in total. The summed E-state index contributed by atoms with van der Waals surface area (Å²) in [5.74, 6) is 0.578. The number of piperidine rings is 1. The van der Waals surface area contributed by atoms with Gasteiger partial charge in [0.05, 0.1) is 5.52 Å². The second kappa shape index (κ2) is 11.5. The van der Waals surface area contributed by atoms with Gasteiger partial charge in [0.25, 0.3) is 0 Å². The summed E-state index contributed by atoms with van der Waals surface area (Å²) in [7, 11) is 0. The van der Waals surface area contributed by atoms with Crippen molar-refractivity contribution in [2.24, 2.45) is 10.8 Å². The summed E-state index contributed by atoms with van der Waals surface area (Å²) >= 11 is 3.41. The SMILES string of the molecule is CC(=O)c1nn(CC(=O)N2[C@H](C(=O)Nc3nc(Br)ccc3C)C[C@@]3(CN4CC5(CCCC5)C4)C[C@@H]23)c2ccc(-c3cnc(C)nc3)cc12. The van der Waals surface area contributed by atoms with Crippen molar-refractivity contribution in [2.75, 3.05) is 25.0 Å². The zero-order chi connectivity index (χ0) is 33.4. The number of nitrogens with one attached hydrogen (secondary N) is 1. The molecule has 1 spiro atoms. The Morgan fingerprint density at radius 3 is 2.48 bits per heavy atom. The molecule has 4 aliphatic rings. The van der Waals surface area contributed by atoms with Crippen LogP contribution in [0, 0.1) is 24.7 Å². The summed E-state index contributed by atoms with van der Waals surface area (Å²) in [4.78, 5) is 58.5. The lowest BCUT2D eigenvalue weighted by Gasteiger charge is -2.49. The first-order chi connectivity index (χ1) is 23.0. The highest BCUT2D eigenvalue weighted by Crippen LogP contribution is 2.61. The molecule has 12 heteroatoms. The topological polar surface area (TPSA) is 126 Å². The van der Waals surface area contributed by atoms with E-state index in [4.69, 9.17) is 0 Å². The van der Waals surface area contributed by atoms with E-state index in [1.54, 1.807) is 17.1 Å². The number of pyridine rings is 1. The average molecular weight is 712 g/mol. The molecule has 5 heterocycles. The van der Waals surface area contributed by atoms with Crippen LogP contribution in [0.15, 0.2) is 47.3 Å². The van der Waals surface area contributed by atoms with E-state index in [9.17, 15) is 14.4 Å². The Morgan fingerprint density at radius 2 is 1.75 bits per heavy atom. The van der Waals surface area contributed by atoms with Gasteiger partial charge in [0.15, 0.2) is 5.78 Å². The number of Topliss-reactive ketones (excluding diaryl/α,β-unsaturated/α-hetero) is 1. The number of hydrogen-bond acceptors (Lipinski definition) is 8. The molecule has 1 N–H and O–H groups in total. The summed E-state index contributed by atoms with van der Waals surface area (Å²) in [5.41, 5.74) is 3.91. The molecule has 0 radical (unpaired) electrons. The Bertz CT molecular complexity index is 1960. The summed E-state index contributed by atoms with van der Waals surface area (Å²) in [6.45, 7) is 8.30. The van der Waals surface area contributed by atoms with Crippen molar-refractivity contribution in [3.63, 3.8) is 0 Å². The van der Waals surface area contributed by atoms with Crippen LogP contribution in [-0.4, -0.2) is 83.8 Å². The molecule has 2 aliphatic heterocycles. The third-order valence-corrected chi connectivity index (χ3v) is 11.6. The average Bonchev–Trinajstić information content (AvgIpc) is 3.36. The minimum atomic E-state index is -0.625. The Hall–Kier alpha value is -4.03. The Kier molecular flexibility index (Phi) is 7.52. The van der Waals surface area contributed by atoms with Crippen LogP contribution in [0.2, 0.25) is 0 Å². The third-order valence-electron chi connectivity index (χ3n) is 11.1. The van der Waals surface area contributed by atoms with E-state index in [0.29, 0.717) is 44.7 Å². The minimum absolute atomic E-state index is 0.0142. The van der Waals surface area contributed by atoms with Crippen LogP contribution in [0.3, 0.4) is 0 Å². The predicted molar refractivity (Wildman–Crippen MR) is 184 cm³/mol. The molecule has 2 amide bonds. The molecule has 2 aliphatic carbocycles. The molecule has 1 aromatic carbocycles. The van der Waals surface area contributed by atoms with E-state index in [1.165, 1.54) is 32.6 Å². The van der Waals surface area contributed by atoms with Gasteiger partial charge in [-0.2, -0.15) is 5.10 Å². The second-order valence-electron chi connectivity index (χ2n) is 14.6. The zero-order valence-electron chi connectivity index (χ0n) is 27.5. The molecular formula is C36H39BrN8O3. The summed E-state index contributed by atoms with van der Waals surface area (Å²) in [6.07, 6.45) is 10.3. The quantitative estimate of drug-likeness (QED) is 0.192. The maximum atomic E-state index is 14.3. The van der Waals surface area contributed by atoms with Crippen molar-refractivity contribution in [3.05, 3.63) is 64.4 Å². The second-order valence-corrected chi connectivity index (χ2v) is 15.4. The Labute approximate surface area is 287 Å². The molecular weight excluding hydrogens is 672 g/mol. The molecule has 3 aromatic heterocycles. The maximum Gasteiger partial charge on any atom is 0.248 e. The minimum Gasteiger partial charge on any atom is -0.325 e. The van der Waals surface area contributed by atoms with Crippen LogP contribution >= 0.6 is 15.9 Å². The molecule has 0 bridgehead atoms. The molecule has 8 rings (SSSR count). The number of benzene rings is 1. The van der Waals surface area contributed by atoms with Crippen LogP contribution in [0.25, 0.3) is 22.0 Å². The number of likely N-dealkylation sites (tertiary alicyclic amines) is 2. The molecule has 0 unspecified atom stereocenters. The first-order valence-corrected chi connectivity index (χ1v) is 17.6. The van der Waals surface area contributed by atoms with Crippen molar-refractivity contribution in [3.8, 4) is 11.1 Å². The Balaban J connectivity index is 1.07. The molecule has 48 heavy (non-hydrogen) atoms. The Morgan fingerprint density at radius 1 is 1.00 bits per heavy atom. The number of hydrogen-bond donors (Lipinski definition) is 1. The highest BCUT2D eigenvalue weighted by Gasteiger charge is 2.68. The number of aryl methyl sites for hydroxylation is 2. The molecule has 4 fully saturated rings. The smallest absolute Gasteiger partial charge is 0.248 e. The molecule has 4 aromatic rings. The zero-order valence-corrected chi connectivity index (χ0v) is 29.1. The molecule has 248 valence electrons. The van der Waals surface area contributed by atoms with Crippen LogP contribution < -0.4 is 5.32 Å². The lowest BCUT2D eigenvalue weighted by Crippen LogP contribution is -2.56. The number of ketones is 1. The van der Waals surface area contributed by atoms with Gasteiger partial charge in [0.1, 0.15) is 34.5 Å². The fourth-order valence-electron chi connectivity index (χ4n) is 8.66. The summed E-state index contributed by atoms with van der Waals surface area (Å²) < 4.78 is 2.24. The van der Waals surface area contributed by atoms with Gasteiger partial charge >= 0.3 is 0 Å². The molecule has 2 saturated carbocycles.